The second-order valence-corrected chi connectivity index (χ2v) is 8.53. The number of alkyl halides is 3. The fourth-order valence-corrected chi connectivity index (χ4v) is 3.35. The van der Waals surface area contributed by atoms with Crippen molar-refractivity contribution in [1.82, 2.24) is 0 Å². The lowest BCUT2D eigenvalue weighted by molar-refractivity contribution is -0.134. The molecule has 0 bridgehead atoms. The highest BCUT2D eigenvalue weighted by molar-refractivity contribution is 4.88. The molecule has 0 aromatic carbocycles. The zero-order valence-corrected chi connectivity index (χ0v) is 17.5. The molecule has 0 fully saturated rings. The van der Waals surface area contributed by atoms with E-state index in [-0.39, 0.29) is 18.4 Å². The van der Waals surface area contributed by atoms with Crippen LogP contribution in [0.3, 0.4) is 0 Å². The Kier molecular flexibility index (Phi) is 9.48. The average molecular weight is 369 g/mol. The quantitative estimate of drug-likeness (QED) is 0.373. The van der Waals surface area contributed by atoms with Crippen LogP contribution in [0.1, 0.15) is 80.6 Å². The van der Waals surface area contributed by atoms with Gasteiger partial charge in [-0.05, 0) is 37.5 Å². The van der Waals surface area contributed by atoms with Crippen LogP contribution in [0, 0.1) is 10.8 Å². The Balaban J connectivity index is 4.90. The molecule has 0 saturated carbocycles. The number of hydrogen-bond donors (Lipinski definition) is 0. The normalized spacial score (nSPS) is 19.3. The molecule has 0 aliphatic carbocycles. The second-order valence-electron chi connectivity index (χ2n) is 8.53. The van der Waals surface area contributed by atoms with Gasteiger partial charge in [0.25, 0.3) is 5.92 Å². The highest BCUT2D eigenvalue weighted by Gasteiger charge is 2.43. The minimum atomic E-state index is -2.92. The summed E-state index contributed by atoms with van der Waals surface area (Å²) in [5, 5.41) is 0. The highest BCUT2D eigenvalue weighted by Crippen LogP contribution is 2.41. The molecule has 0 aromatic rings. The Morgan fingerprint density at radius 2 is 1.36 bits per heavy atom. The summed E-state index contributed by atoms with van der Waals surface area (Å²) in [4.78, 5) is 0. The Labute approximate surface area is 152 Å². The third kappa shape index (κ3) is 8.29. The third-order valence-electron chi connectivity index (χ3n) is 5.94. The van der Waals surface area contributed by atoms with Crippen LogP contribution in [-0.4, -0.2) is 38.0 Å². The van der Waals surface area contributed by atoms with Crippen LogP contribution >= 0.6 is 0 Å². The maximum atomic E-state index is 15.0. The van der Waals surface area contributed by atoms with Gasteiger partial charge >= 0.3 is 0 Å². The van der Waals surface area contributed by atoms with Gasteiger partial charge < -0.3 is 9.47 Å². The van der Waals surface area contributed by atoms with Crippen molar-refractivity contribution >= 4 is 0 Å². The summed E-state index contributed by atoms with van der Waals surface area (Å²) >= 11 is 0. The third-order valence-corrected chi connectivity index (χ3v) is 5.94. The van der Waals surface area contributed by atoms with Crippen LogP contribution in [0.2, 0.25) is 0 Å². The Hall–Kier alpha value is -0.290. The van der Waals surface area contributed by atoms with Crippen molar-refractivity contribution in [2.75, 3.05) is 20.3 Å². The summed E-state index contributed by atoms with van der Waals surface area (Å²) in [6.45, 7) is 12.5. The molecule has 0 aromatic heterocycles. The minimum absolute atomic E-state index is 0.0738. The van der Waals surface area contributed by atoms with E-state index in [1.165, 1.54) is 7.11 Å². The van der Waals surface area contributed by atoms with Crippen LogP contribution in [0.4, 0.5) is 13.2 Å². The molecule has 25 heavy (non-hydrogen) atoms. The van der Waals surface area contributed by atoms with E-state index in [0.717, 1.165) is 12.8 Å². The van der Waals surface area contributed by atoms with Crippen molar-refractivity contribution in [1.29, 1.82) is 0 Å². The molecular weight excluding hydrogens is 329 g/mol. The van der Waals surface area contributed by atoms with Crippen molar-refractivity contribution in [3.05, 3.63) is 0 Å². The SMILES string of the molecule is CCC(C)(CC)CC(C)(F)COC(C)C(C)(CC)CC(F)(F)COC. The van der Waals surface area contributed by atoms with E-state index in [0.29, 0.717) is 12.8 Å². The summed E-state index contributed by atoms with van der Waals surface area (Å²) < 4.78 is 53.4. The minimum Gasteiger partial charge on any atom is -0.378 e. The summed E-state index contributed by atoms with van der Waals surface area (Å²) in [6, 6.07) is 0. The van der Waals surface area contributed by atoms with Gasteiger partial charge in [-0.25, -0.2) is 13.2 Å². The molecular formula is C20H39F3O2. The molecule has 2 nitrogen and oxygen atoms in total. The number of rotatable bonds is 13. The van der Waals surface area contributed by atoms with Crippen molar-refractivity contribution in [3.8, 4) is 0 Å². The first kappa shape index (κ1) is 24.7. The second kappa shape index (κ2) is 9.59. The van der Waals surface area contributed by atoms with Crippen LogP contribution in [-0.2, 0) is 9.47 Å². The Morgan fingerprint density at radius 3 is 1.76 bits per heavy atom. The highest BCUT2D eigenvalue weighted by atomic mass is 19.3. The summed E-state index contributed by atoms with van der Waals surface area (Å²) in [7, 11) is 1.27. The van der Waals surface area contributed by atoms with E-state index in [2.05, 4.69) is 25.5 Å². The van der Waals surface area contributed by atoms with Gasteiger partial charge in [-0.2, -0.15) is 0 Å². The van der Waals surface area contributed by atoms with E-state index >= 15 is 0 Å². The van der Waals surface area contributed by atoms with Crippen molar-refractivity contribution in [3.63, 3.8) is 0 Å². The molecule has 0 saturated heterocycles. The number of ether oxygens (including phenoxy) is 2. The molecule has 5 heteroatoms. The Morgan fingerprint density at radius 1 is 0.840 bits per heavy atom. The van der Waals surface area contributed by atoms with Crippen LogP contribution in [0.5, 0.6) is 0 Å². The molecule has 3 unspecified atom stereocenters. The van der Waals surface area contributed by atoms with Gasteiger partial charge in [0.2, 0.25) is 0 Å². The summed E-state index contributed by atoms with van der Waals surface area (Å²) in [6.07, 6.45) is 1.92. The largest absolute Gasteiger partial charge is 0.378 e. The lowest BCUT2D eigenvalue weighted by Crippen LogP contribution is -2.42. The van der Waals surface area contributed by atoms with Gasteiger partial charge in [0.05, 0.1) is 12.7 Å². The molecule has 3 atom stereocenters. The first-order valence-corrected chi connectivity index (χ1v) is 9.46. The molecule has 0 aliphatic rings. The number of methoxy groups -OCH3 is 1. The molecule has 152 valence electrons. The predicted octanol–water partition coefficient (Wildman–Crippen LogP) is 6.42. The van der Waals surface area contributed by atoms with E-state index in [1.54, 1.807) is 20.8 Å². The van der Waals surface area contributed by atoms with E-state index in [1.807, 2.05) is 6.92 Å². The molecule has 0 spiro atoms. The van der Waals surface area contributed by atoms with Gasteiger partial charge in [0.1, 0.15) is 12.3 Å². The maximum absolute atomic E-state index is 15.0. The van der Waals surface area contributed by atoms with E-state index in [9.17, 15) is 13.2 Å². The van der Waals surface area contributed by atoms with Crippen molar-refractivity contribution < 1.29 is 22.6 Å². The molecule has 0 heterocycles. The fourth-order valence-electron chi connectivity index (χ4n) is 3.35. The standard InChI is InChI=1S/C20H39F3O2/c1-9-17(5,10-2)12-19(7,21)14-25-16(4)18(6,11-3)13-20(22,23)15-24-8/h16H,9-15H2,1-8H3. The van der Waals surface area contributed by atoms with Gasteiger partial charge in [0, 0.05) is 13.5 Å². The van der Waals surface area contributed by atoms with Gasteiger partial charge in [-0.3, -0.25) is 0 Å². The monoisotopic (exact) mass is 368 g/mol. The lowest BCUT2D eigenvalue weighted by Gasteiger charge is -2.39. The molecule has 0 amide bonds. The zero-order chi connectivity index (χ0) is 19.9. The topological polar surface area (TPSA) is 18.5 Å². The van der Waals surface area contributed by atoms with Crippen LogP contribution in [0.25, 0.3) is 0 Å². The Bertz CT molecular complexity index is 381. The maximum Gasteiger partial charge on any atom is 0.271 e. The van der Waals surface area contributed by atoms with Crippen LogP contribution in [0.15, 0.2) is 0 Å². The van der Waals surface area contributed by atoms with Crippen molar-refractivity contribution in [2.45, 2.75) is 98.3 Å². The fraction of sp³-hybridized carbons (Fsp3) is 1.00. The van der Waals surface area contributed by atoms with E-state index < -0.39 is 29.7 Å². The van der Waals surface area contributed by atoms with Gasteiger partial charge in [-0.1, -0.05) is 47.5 Å². The number of halogens is 3. The lowest BCUT2D eigenvalue weighted by atomic mass is 9.75. The smallest absolute Gasteiger partial charge is 0.271 e. The molecule has 0 N–H and O–H groups in total. The molecule has 0 radical (unpaired) electrons. The van der Waals surface area contributed by atoms with Crippen LogP contribution < -0.4 is 0 Å². The van der Waals surface area contributed by atoms with E-state index in [4.69, 9.17) is 4.74 Å². The summed E-state index contributed by atoms with van der Waals surface area (Å²) in [5.41, 5.74) is -2.29. The van der Waals surface area contributed by atoms with Gasteiger partial charge in [-0.15, -0.1) is 0 Å². The first-order valence-electron chi connectivity index (χ1n) is 9.46. The number of hydrogen-bond acceptors (Lipinski definition) is 2. The first-order chi connectivity index (χ1) is 11.3. The zero-order valence-electron chi connectivity index (χ0n) is 17.5. The predicted molar refractivity (Wildman–Crippen MR) is 98.1 cm³/mol. The van der Waals surface area contributed by atoms with Gasteiger partial charge in [0.15, 0.2) is 0 Å². The van der Waals surface area contributed by atoms with Crippen molar-refractivity contribution in [2.24, 2.45) is 10.8 Å². The average Bonchev–Trinajstić information content (AvgIpc) is 2.51. The summed E-state index contributed by atoms with van der Waals surface area (Å²) in [5.74, 6) is -2.92. The molecule has 0 aliphatic heterocycles. The molecule has 0 rings (SSSR count).